The second kappa shape index (κ2) is 7.81. The Labute approximate surface area is 178 Å². The van der Waals surface area contributed by atoms with Crippen molar-refractivity contribution in [1.82, 2.24) is 0 Å². The van der Waals surface area contributed by atoms with E-state index in [9.17, 15) is 9.90 Å². The quantitative estimate of drug-likeness (QED) is 0.567. The summed E-state index contributed by atoms with van der Waals surface area (Å²) in [5.74, 6) is 4.40. The summed E-state index contributed by atoms with van der Waals surface area (Å²) in [6, 6.07) is 0. The van der Waals surface area contributed by atoms with E-state index in [0.717, 1.165) is 30.6 Å². The molecule has 3 fully saturated rings. The molecule has 0 radical (unpaired) electrons. The van der Waals surface area contributed by atoms with Crippen molar-refractivity contribution in [2.75, 3.05) is 0 Å². The molecule has 3 saturated carbocycles. The van der Waals surface area contributed by atoms with E-state index in [2.05, 4.69) is 34.6 Å². The van der Waals surface area contributed by atoms with Crippen molar-refractivity contribution >= 4 is 5.78 Å². The molecule has 4 rings (SSSR count). The lowest BCUT2D eigenvalue weighted by atomic mass is 9.45. The number of hydrogen-bond donors (Lipinski definition) is 1. The van der Waals surface area contributed by atoms with Gasteiger partial charge in [-0.3, -0.25) is 4.79 Å². The molecule has 0 saturated heterocycles. The second-order valence-electron chi connectivity index (χ2n) is 12.1. The maximum atomic E-state index is 12.0. The number of fused-ring (bicyclic) bond motifs is 5. The van der Waals surface area contributed by atoms with Gasteiger partial charge < -0.3 is 5.11 Å². The van der Waals surface area contributed by atoms with Gasteiger partial charge in [0.2, 0.25) is 0 Å². The van der Waals surface area contributed by atoms with Crippen molar-refractivity contribution in [1.29, 1.82) is 0 Å². The van der Waals surface area contributed by atoms with Crippen LogP contribution in [0.25, 0.3) is 0 Å². The zero-order valence-corrected chi connectivity index (χ0v) is 19.5. The molecule has 0 spiro atoms. The summed E-state index contributed by atoms with van der Waals surface area (Å²) in [4.78, 5) is 12.0. The van der Waals surface area contributed by atoms with Crippen LogP contribution in [-0.4, -0.2) is 17.0 Å². The molecule has 1 unspecified atom stereocenters. The first-order valence-corrected chi connectivity index (χ1v) is 12.6. The Hall–Kier alpha value is -0.630. The van der Waals surface area contributed by atoms with Gasteiger partial charge in [-0.2, -0.15) is 0 Å². The monoisotopic (exact) mass is 400 g/mol. The fraction of sp³-hybridized carbons (Fsp3) is 0.889. The standard InChI is InChI=1S/C27H44O2/c1-17(2)7-6-8-18(3)21-9-10-22-25-23(12-14-27(21,22)5)26(4)13-11-20(28)15-19(26)16-24(25)29/h15,17-18,21-25,29H,6-14,16H2,1-5H3/t18?,21-,22+,23+,24+,25+,26+,27-/m1/s1. The van der Waals surface area contributed by atoms with E-state index in [1.165, 1.54) is 50.5 Å². The fourth-order valence-corrected chi connectivity index (χ4v) is 8.55. The maximum Gasteiger partial charge on any atom is 0.155 e. The van der Waals surface area contributed by atoms with Gasteiger partial charge in [0.1, 0.15) is 0 Å². The first kappa shape index (κ1) is 21.6. The van der Waals surface area contributed by atoms with Gasteiger partial charge in [-0.1, -0.05) is 59.5 Å². The third-order valence-corrected chi connectivity index (χ3v) is 10.2. The number of rotatable bonds is 5. The number of carbonyl (C=O) groups is 1. The summed E-state index contributed by atoms with van der Waals surface area (Å²) in [5.41, 5.74) is 1.82. The topological polar surface area (TPSA) is 37.3 Å². The summed E-state index contributed by atoms with van der Waals surface area (Å²) in [7, 11) is 0. The second-order valence-corrected chi connectivity index (χ2v) is 12.1. The molecule has 0 aromatic carbocycles. The molecule has 2 nitrogen and oxygen atoms in total. The minimum absolute atomic E-state index is 0.153. The van der Waals surface area contributed by atoms with Crippen molar-refractivity contribution in [3.8, 4) is 0 Å². The predicted molar refractivity (Wildman–Crippen MR) is 119 cm³/mol. The SMILES string of the molecule is CC(C)CCCC(C)[C@H]1CC[C@H]2[C@@H]3[C@@H](O)CC4=CC(=O)CC[C@]4(C)[C@H]3CC[C@]12C. The van der Waals surface area contributed by atoms with Crippen molar-refractivity contribution in [2.45, 2.75) is 105 Å². The highest BCUT2D eigenvalue weighted by Crippen LogP contribution is 2.67. The van der Waals surface area contributed by atoms with E-state index in [0.29, 0.717) is 29.6 Å². The van der Waals surface area contributed by atoms with Crippen LogP contribution in [0.15, 0.2) is 11.6 Å². The summed E-state index contributed by atoms with van der Waals surface area (Å²) in [6.45, 7) is 12.2. The zero-order chi connectivity index (χ0) is 21.0. The largest absolute Gasteiger partial charge is 0.392 e. The number of carbonyl (C=O) groups excluding carboxylic acids is 1. The molecule has 0 heterocycles. The van der Waals surface area contributed by atoms with Crippen LogP contribution in [0.5, 0.6) is 0 Å². The van der Waals surface area contributed by atoms with Gasteiger partial charge in [0.25, 0.3) is 0 Å². The Morgan fingerprint density at radius 3 is 2.55 bits per heavy atom. The highest BCUT2D eigenvalue weighted by atomic mass is 16.3. The molecular weight excluding hydrogens is 356 g/mol. The molecule has 0 amide bonds. The molecular formula is C27H44O2. The van der Waals surface area contributed by atoms with Crippen molar-refractivity contribution in [3.63, 3.8) is 0 Å². The van der Waals surface area contributed by atoms with E-state index >= 15 is 0 Å². The summed E-state index contributed by atoms with van der Waals surface area (Å²) in [6.07, 6.45) is 13.4. The summed E-state index contributed by atoms with van der Waals surface area (Å²) < 4.78 is 0. The maximum absolute atomic E-state index is 12.0. The molecule has 4 aliphatic rings. The van der Waals surface area contributed by atoms with Crippen molar-refractivity contribution in [3.05, 3.63) is 11.6 Å². The van der Waals surface area contributed by atoms with Crippen LogP contribution in [0, 0.1) is 46.3 Å². The first-order chi connectivity index (χ1) is 13.7. The average molecular weight is 401 g/mol. The molecule has 29 heavy (non-hydrogen) atoms. The lowest BCUT2D eigenvalue weighted by Gasteiger charge is -2.60. The van der Waals surface area contributed by atoms with Crippen LogP contribution < -0.4 is 0 Å². The lowest BCUT2D eigenvalue weighted by Crippen LogP contribution is -2.55. The van der Waals surface area contributed by atoms with Gasteiger partial charge >= 0.3 is 0 Å². The van der Waals surface area contributed by atoms with Crippen molar-refractivity contribution < 1.29 is 9.90 Å². The number of hydrogen-bond acceptors (Lipinski definition) is 2. The Kier molecular flexibility index (Phi) is 5.82. The zero-order valence-electron chi connectivity index (χ0n) is 19.5. The Balaban J connectivity index is 1.54. The molecule has 0 aromatic heterocycles. The highest BCUT2D eigenvalue weighted by molar-refractivity contribution is 5.91. The highest BCUT2D eigenvalue weighted by Gasteiger charge is 2.61. The predicted octanol–water partition coefficient (Wildman–Crippen LogP) is 6.57. The number of aliphatic hydroxyl groups excluding tert-OH is 1. The number of ketones is 1. The molecule has 2 heteroatoms. The van der Waals surface area contributed by atoms with Gasteiger partial charge in [-0.15, -0.1) is 0 Å². The van der Waals surface area contributed by atoms with Crippen molar-refractivity contribution in [2.24, 2.45) is 46.3 Å². The third kappa shape index (κ3) is 3.56. The molecule has 0 bridgehead atoms. The van der Waals surface area contributed by atoms with Crippen LogP contribution in [-0.2, 0) is 4.79 Å². The van der Waals surface area contributed by atoms with Crippen LogP contribution in [0.1, 0.15) is 98.8 Å². The van der Waals surface area contributed by atoms with Crippen LogP contribution in [0.4, 0.5) is 0 Å². The van der Waals surface area contributed by atoms with E-state index in [1.807, 2.05) is 6.08 Å². The van der Waals surface area contributed by atoms with Gasteiger partial charge in [0.15, 0.2) is 5.78 Å². The minimum Gasteiger partial charge on any atom is -0.392 e. The number of aliphatic hydroxyl groups is 1. The van der Waals surface area contributed by atoms with E-state index in [4.69, 9.17) is 0 Å². The lowest BCUT2D eigenvalue weighted by molar-refractivity contribution is -0.124. The van der Waals surface area contributed by atoms with E-state index in [-0.39, 0.29) is 17.3 Å². The Bertz CT molecular complexity index is 663. The third-order valence-electron chi connectivity index (χ3n) is 10.2. The van der Waals surface area contributed by atoms with Crippen LogP contribution in [0.3, 0.4) is 0 Å². The fourth-order valence-electron chi connectivity index (χ4n) is 8.55. The smallest absolute Gasteiger partial charge is 0.155 e. The minimum atomic E-state index is -0.246. The van der Waals surface area contributed by atoms with E-state index < -0.39 is 0 Å². The van der Waals surface area contributed by atoms with Gasteiger partial charge in [-0.05, 0) is 90.9 Å². The summed E-state index contributed by atoms with van der Waals surface area (Å²) in [5, 5.41) is 11.3. The average Bonchev–Trinajstić information content (AvgIpc) is 3.00. The molecule has 0 aromatic rings. The Morgan fingerprint density at radius 2 is 1.83 bits per heavy atom. The Morgan fingerprint density at radius 1 is 1.07 bits per heavy atom. The normalized spacial score (nSPS) is 45.4. The van der Waals surface area contributed by atoms with Crippen LogP contribution in [0.2, 0.25) is 0 Å². The van der Waals surface area contributed by atoms with E-state index in [1.54, 1.807) is 0 Å². The van der Waals surface area contributed by atoms with Crippen LogP contribution >= 0.6 is 0 Å². The summed E-state index contributed by atoms with van der Waals surface area (Å²) >= 11 is 0. The molecule has 1 N–H and O–H groups in total. The van der Waals surface area contributed by atoms with Gasteiger partial charge in [0, 0.05) is 6.42 Å². The first-order valence-electron chi connectivity index (χ1n) is 12.6. The molecule has 8 atom stereocenters. The molecule has 0 aliphatic heterocycles. The molecule has 4 aliphatic carbocycles. The molecule has 164 valence electrons. The van der Waals surface area contributed by atoms with Gasteiger partial charge in [0.05, 0.1) is 6.10 Å². The van der Waals surface area contributed by atoms with Gasteiger partial charge in [-0.25, -0.2) is 0 Å².